The number of halogens is 1. The predicted molar refractivity (Wildman–Crippen MR) is 92.2 cm³/mol. The van der Waals surface area contributed by atoms with Crippen LogP contribution in [0.1, 0.15) is 30.1 Å². The molecule has 1 atom stereocenters. The van der Waals surface area contributed by atoms with Gasteiger partial charge >= 0.3 is 0 Å². The first-order valence-corrected chi connectivity index (χ1v) is 9.61. The van der Waals surface area contributed by atoms with Crippen molar-refractivity contribution in [2.75, 3.05) is 0 Å². The van der Waals surface area contributed by atoms with Gasteiger partial charge in [0.05, 0.1) is 22.9 Å². The highest BCUT2D eigenvalue weighted by Gasteiger charge is 2.38. The molecular formula is C17H19ClN2O3S. The molecule has 1 fully saturated rings. The van der Waals surface area contributed by atoms with E-state index in [9.17, 15) is 13.5 Å². The van der Waals surface area contributed by atoms with Crippen molar-refractivity contribution in [3.05, 3.63) is 58.9 Å². The third kappa shape index (κ3) is 3.47. The summed E-state index contributed by atoms with van der Waals surface area (Å²) in [6.45, 7) is 1.71. The van der Waals surface area contributed by atoms with Gasteiger partial charge in [0, 0.05) is 6.20 Å². The van der Waals surface area contributed by atoms with E-state index in [1.807, 2.05) is 6.07 Å². The molecule has 2 N–H and O–H groups in total. The van der Waals surface area contributed by atoms with Crippen LogP contribution in [0.2, 0.25) is 5.02 Å². The Kier molecular flexibility index (Phi) is 4.92. The number of nitrogens with one attached hydrogen (secondary N) is 1. The largest absolute Gasteiger partial charge is 0.393 e. The quantitative estimate of drug-likeness (QED) is 0.852. The summed E-state index contributed by atoms with van der Waals surface area (Å²) in [7, 11) is -3.81. The standard InChI is InChI=1S/C17H19ClN2O3S/c1-11-5-4-6-14(18)17(11)24(22,23)20-16(12-9-13(21)10-12)15-7-2-3-8-19-15/h2-8,12-13,16,20-21H,9-10H2,1H3. The molecule has 1 aliphatic rings. The fourth-order valence-corrected chi connectivity index (χ4v) is 5.15. The van der Waals surface area contributed by atoms with Crippen LogP contribution in [0.25, 0.3) is 0 Å². The second-order valence-electron chi connectivity index (χ2n) is 6.12. The van der Waals surface area contributed by atoms with Crippen molar-refractivity contribution in [3.63, 3.8) is 0 Å². The molecule has 1 aliphatic carbocycles. The van der Waals surface area contributed by atoms with Crippen molar-refractivity contribution in [2.24, 2.45) is 5.92 Å². The molecule has 7 heteroatoms. The minimum absolute atomic E-state index is 0.00692. The number of benzene rings is 1. The Morgan fingerprint density at radius 3 is 2.58 bits per heavy atom. The summed E-state index contributed by atoms with van der Waals surface area (Å²) in [5, 5.41) is 9.79. The van der Waals surface area contributed by atoms with Crippen LogP contribution in [0.15, 0.2) is 47.5 Å². The second kappa shape index (κ2) is 6.80. The fourth-order valence-electron chi connectivity index (χ4n) is 3.04. The molecule has 5 nitrogen and oxygen atoms in total. The molecule has 128 valence electrons. The molecule has 0 bridgehead atoms. The lowest BCUT2D eigenvalue weighted by Gasteiger charge is -2.37. The number of sulfonamides is 1. The summed E-state index contributed by atoms with van der Waals surface area (Å²) >= 11 is 6.12. The molecule has 0 amide bonds. The Morgan fingerprint density at radius 2 is 2.00 bits per heavy atom. The van der Waals surface area contributed by atoms with Crippen LogP contribution < -0.4 is 4.72 Å². The number of aliphatic hydroxyl groups is 1. The Bertz CT molecular complexity index is 801. The number of hydrogen-bond acceptors (Lipinski definition) is 4. The van der Waals surface area contributed by atoms with E-state index < -0.39 is 16.1 Å². The smallest absolute Gasteiger partial charge is 0.242 e. The lowest BCUT2D eigenvalue weighted by molar-refractivity contribution is 0.0273. The molecule has 2 aromatic rings. The molecule has 0 spiro atoms. The van der Waals surface area contributed by atoms with Crippen LogP contribution in [0.3, 0.4) is 0 Å². The van der Waals surface area contributed by atoms with Gasteiger partial charge in [-0.05, 0) is 49.4 Å². The van der Waals surface area contributed by atoms with Gasteiger partial charge in [0.1, 0.15) is 4.90 Å². The highest BCUT2D eigenvalue weighted by atomic mass is 35.5. The molecular weight excluding hydrogens is 348 g/mol. The fraction of sp³-hybridized carbons (Fsp3) is 0.353. The van der Waals surface area contributed by atoms with Crippen LogP contribution >= 0.6 is 11.6 Å². The van der Waals surface area contributed by atoms with Crippen LogP contribution in [0.4, 0.5) is 0 Å². The predicted octanol–water partition coefficient (Wildman–Crippen LogP) is 2.83. The SMILES string of the molecule is Cc1cccc(Cl)c1S(=O)(=O)NC(c1ccccn1)C1CC(O)C1. The van der Waals surface area contributed by atoms with E-state index in [-0.39, 0.29) is 21.9 Å². The lowest BCUT2D eigenvalue weighted by atomic mass is 9.76. The van der Waals surface area contributed by atoms with Crippen molar-refractivity contribution >= 4 is 21.6 Å². The number of rotatable bonds is 5. The van der Waals surface area contributed by atoms with Gasteiger partial charge in [-0.3, -0.25) is 4.98 Å². The van der Waals surface area contributed by atoms with Crippen molar-refractivity contribution in [2.45, 2.75) is 36.8 Å². The van der Waals surface area contributed by atoms with Crippen molar-refractivity contribution < 1.29 is 13.5 Å². The van der Waals surface area contributed by atoms with Crippen molar-refractivity contribution in [1.82, 2.24) is 9.71 Å². The zero-order chi connectivity index (χ0) is 17.3. The maximum Gasteiger partial charge on any atom is 0.242 e. The third-order valence-electron chi connectivity index (χ3n) is 4.34. The summed E-state index contributed by atoms with van der Waals surface area (Å²) < 4.78 is 28.5. The maximum absolute atomic E-state index is 12.9. The average molecular weight is 367 g/mol. The molecule has 1 aromatic heterocycles. The molecule has 24 heavy (non-hydrogen) atoms. The number of nitrogens with zero attached hydrogens (tertiary/aromatic N) is 1. The van der Waals surface area contributed by atoms with Crippen LogP contribution in [-0.4, -0.2) is 24.6 Å². The number of aromatic nitrogens is 1. The summed E-state index contributed by atoms with van der Waals surface area (Å²) in [5.41, 5.74) is 1.23. The van der Waals surface area contributed by atoms with E-state index in [1.165, 1.54) is 0 Å². The summed E-state index contributed by atoms with van der Waals surface area (Å²) in [6.07, 6.45) is 2.34. The number of aliphatic hydroxyl groups excluding tert-OH is 1. The van der Waals surface area contributed by atoms with Crippen molar-refractivity contribution in [1.29, 1.82) is 0 Å². The highest BCUT2D eigenvalue weighted by Crippen LogP contribution is 2.38. The normalized spacial score (nSPS) is 22.0. The van der Waals surface area contributed by atoms with E-state index >= 15 is 0 Å². The lowest BCUT2D eigenvalue weighted by Crippen LogP contribution is -2.41. The number of pyridine rings is 1. The minimum Gasteiger partial charge on any atom is -0.393 e. The molecule has 0 saturated heterocycles. The Balaban J connectivity index is 1.95. The zero-order valence-electron chi connectivity index (χ0n) is 13.2. The molecule has 1 aromatic carbocycles. The van der Waals surface area contributed by atoms with Gasteiger partial charge in [-0.15, -0.1) is 0 Å². The summed E-state index contributed by atoms with van der Waals surface area (Å²) in [4.78, 5) is 4.38. The first-order chi connectivity index (χ1) is 11.4. The van der Waals surface area contributed by atoms with Crippen molar-refractivity contribution in [3.8, 4) is 0 Å². The van der Waals surface area contributed by atoms with E-state index in [2.05, 4.69) is 9.71 Å². The first-order valence-electron chi connectivity index (χ1n) is 7.75. The average Bonchev–Trinajstić information content (AvgIpc) is 2.50. The van der Waals surface area contributed by atoms with Gasteiger partial charge in [0.15, 0.2) is 0 Å². The van der Waals surface area contributed by atoms with E-state index in [0.717, 1.165) is 0 Å². The van der Waals surface area contributed by atoms with Gasteiger partial charge in [0.2, 0.25) is 10.0 Å². The molecule has 1 heterocycles. The van der Waals surface area contributed by atoms with Gasteiger partial charge < -0.3 is 5.11 Å². The number of hydrogen-bond donors (Lipinski definition) is 2. The Hall–Kier alpha value is -1.47. The summed E-state index contributed by atoms with van der Waals surface area (Å²) in [6, 6.07) is 9.89. The minimum atomic E-state index is -3.81. The van der Waals surface area contributed by atoms with E-state index in [0.29, 0.717) is 24.1 Å². The van der Waals surface area contributed by atoms with Gasteiger partial charge in [0.25, 0.3) is 0 Å². The molecule has 1 saturated carbocycles. The second-order valence-corrected chi connectivity index (χ2v) is 8.18. The van der Waals surface area contributed by atoms with Gasteiger partial charge in [-0.25, -0.2) is 13.1 Å². The highest BCUT2D eigenvalue weighted by molar-refractivity contribution is 7.89. The van der Waals surface area contributed by atoms with E-state index in [4.69, 9.17) is 11.6 Å². The molecule has 0 radical (unpaired) electrons. The first kappa shape index (κ1) is 17.4. The van der Waals surface area contributed by atoms with Gasteiger partial charge in [-0.1, -0.05) is 29.8 Å². The zero-order valence-corrected chi connectivity index (χ0v) is 14.8. The monoisotopic (exact) mass is 366 g/mol. The molecule has 3 rings (SSSR count). The molecule has 0 aliphatic heterocycles. The summed E-state index contributed by atoms with van der Waals surface area (Å²) in [5.74, 6) is 0.00692. The number of aryl methyl sites for hydroxylation is 1. The third-order valence-corrected chi connectivity index (χ3v) is 6.41. The maximum atomic E-state index is 12.9. The molecule has 1 unspecified atom stereocenters. The van der Waals surface area contributed by atoms with Crippen LogP contribution in [0, 0.1) is 12.8 Å². The van der Waals surface area contributed by atoms with E-state index in [1.54, 1.807) is 43.5 Å². The van der Waals surface area contributed by atoms with Crippen LogP contribution in [-0.2, 0) is 10.0 Å². The van der Waals surface area contributed by atoms with Gasteiger partial charge in [-0.2, -0.15) is 0 Å². The Morgan fingerprint density at radius 1 is 1.25 bits per heavy atom. The van der Waals surface area contributed by atoms with Crippen LogP contribution in [0.5, 0.6) is 0 Å². The Labute approximate surface area is 146 Å². The topological polar surface area (TPSA) is 79.3 Å².